The number of hydrogen-bond donors (Lipinski definition) is 6. The fraction of sp³-hybridized carbons (Fsp3) is 0.571. The molecule has 2 aromatic carbocycles. The van der Waals surface area contributed by atoms with Crippen molar-refractivity contribution in [3.63, 3.8) is 0 Å². The Morgan fingerprint density at radius 1 is 0.851 bits per heavy atom. The summed E-state index contributed by atoms with van der Waals surface area (Å²) in [4.78, 5) is 18.6. The van der Waals surface area contributed by atoms with Gasteiger partial charge in [0.1, 0.15) is 58.9 Å². The monoisotopic (exact) mass is 654 g/mol. The molecule has 3 aliphatic heterocycles. The van der Waals surface area contributed by atoms with Crippen molar-refractivity contribution in [2.75, 3.05) is 32.8 Å². The molecule has 1 aromatic heterocycles. The largest absolute Gasteiger partial charge is 0.507 e. The number of phenols is 2. The molecule has 0 bridgehead atoms. The smallest absolute Gasteiger partial charge is 0.229 e. The molecule has 0 unspecified atom stereocenters. The highest BCUT2D eigenvalue weighted by molar-refractivity contribution is 5.92. The van der Waals surface area contributed by atoms with Crippen LogP contribution in [0.4, 0.5) is 0 Å². The van der Waals surface area contributed by atoms with Crippen molar-refractivity contribution in [3.05, 3.63) is 51.9 Å². The van der Waals surface area contributed by atoms with Gasteiger partial charge in [-0.25, -0.2) is 0 Å². The van der Waals surface area contributed by atoms with Gasteiger partial charge in [0.25, 0.3) is 0 Å². The van der Waals surface area contributed by atoms with Gasteiger partial charge in [0.2, 0.25) is 11.7 Å². The molecular formula is C35H46N2O10. The molecule has 0 amide bonds. The number of phenolic OH excluding ortho intramolecular Hbond substituents is 2. The van der Waals surface area contributed by atoms with Crippen molar-refractivity contribution in [1.82, 2.24) is 9.80 Å². The molecule has 0 aliphatic carbocycles. The number of rotatable bonds is 8. The van der Waals surface area contributed by atoms with Crippen molar-refractivity contribution in [3.8, 4) is 28.4 Å². The van der Waals surface area contributed by atoms with E-state index in [1.165, 1.54) is 6.26 Å². The summed E-state index contributed by atoms with van der Waals surface area (Å²) in [5.41, 5.74) is 1.25. The van der Waals surface area contributed by atoms with Crippen LogP contribution in [0, 0.1) is 11.8 Å². The summed E-state index contributed by atoms with van der Waals surface area (Å²) in [5.74, 6) is 0.941. The third-order valence-electron chi connectivity index (χ3n) is 9.87. The van der Waals surface area contributed by atoms with Crippen molar-refractivity contribution in [1.29, 1.82) is 0 Å². The number of fused-ring (bicyclic) bond motifs is 1. The van der Waals surface area contributed by atoms with Crippen molar-refractivity contribution in [2.45, 2.75) is 83.3 Å². The first-order chi connectivity index (χ1) is 22.5. The van der Waals surface area contributed by atoms with Gasteiger partial charge in [0.05, 0.1) is 23.3 Å². The minimum Gasteiger partial charge on any atom is -0.507 e. The number of ether oxygens (including phenoxy) is 2. The van der Waals surface area contributed by atoms with E-state index in [1.54, 1.807) is 24.3 Å². The highest BCUT2D eigenvalue weighted by Crippen LogP contribution is 2.41. The molecule has 3 fully saturated rings. The second-order valence-corrected chi connectivity index (χ2v) is 13.6. The van der Waals surface area contributed by atoms with Gasteiger partial charge in [0.15, 0.2) is 0 Å². The summed E-state index contributed by atoms with van der Waals surface area (Å²) in [6.07, 6.45) is -1.44. The third-order valence-corrected chi connectivity index (χ3v) is 9.87. The van der Waals surface area contributed by atoms with Crippen LogP contribution in [-0.4, -0.2) is 104 Å². The van der Waals surface area contributed by atoms with Crippen LogP contribution < -0.4 is 10.2 Å². The molecule has 3 saturated heterocycles. The molecule has 0 saturated carbocycles. The van der Waals surface area contributed by atoms with Crippen LogP contribution in [0.25, 0.3) is 22.1 Å². The van der Waals surface area contributed by atoms with E-state index in [0.717, 1.165) is 51.9 Å². The van der Waals surface area contributed by atoms with E-state index in [9.17, 15) is 35.4 Å². The molecule has 3 aliphatic rings. The first kappa shape index (κ1) is 33.7. The van der Waals surface area contributed by atoms with Crippen LogP contribution in [0.5, 0.6) is 17.2 Å². The average molecular weight is 655 g/mol. The maximum Gasteiger partial charge on any atom is 0.229 e. The number of nitrogens with zero attached hydrogens (tertiary/aromatic N) is 2. The van der Waals surface area contributed by atoms with Crippen molar-refractivity contribution in [2.24, 2.45) is 11.8 Å². The van der Waals surface area contributed by atoms with Gasteiger partial charge < -0.3 is 44.5 Å². The Kier molecular flexibility index (Phi) is 10.1. The number of likely N-dealkylation sites (tertiary alicyclic amines) is 2. The quantitative estimate of drug-likeness (QED) is 0.210. The summed E-state index contributed by atoms with van der Waals surface area (Å²) < 4.78 is 17.2. The fourth-order valence-electron chi connectivity index (χ4n) is 7.27. The number of aliphatic hydroxyl groups is 4. The van der Waals surface area contributed by atoms with Gasteiger partial charge in [-0.2, -0.15) is 0 Å². The summed E-state index contributed by atoms with van der Waals surface area (Å²) in [6, 6.07) is 6.31. The summed E-state index contributed by atoms with van der Waals surface area (Å²) in [6.45, 7) is 7.93. The van der Waals surface area contributed by atoms with E-state index >= 15 is 0 Å². The zero-order valence-electron chi connectivity index (χ0n) is 26.9. The van der Waals surface area contributed by atoms with E-state index in [0.29, 0.717) is 41.6 Å². The average Bonchev–Trinajstić information content (AvgIpc) is 3.05. The summed E-state index contributed by atoms with van der Waals surface area (Å²) in [5, 5.41) is 63.2. The molecule has 12 nitrogen and oxygen atoms in total. The number of aliphatic hydroxyl groups excluding tert-OH is 4. The van der Waals surface area contributed by atoms with Gasteiger partial charge in [-0.3, -0.25) is 14.6 Å². The zero-order chi connectivity index (χ0) is 33.4. The predicted molar refractivity (Wildman–Crippen MR) is 173 cm³/mol. The number of hydrogen-bond acceptors (Lipinski definition) is 12. The number of benzene rings is 2. The lowest BCUT2D eigenvalue weighted by molar-refractivity contribution is -0.277. The van der Waals surface area contributed by atoms with Crippen molar-refractivity contribution < 1.29 is 44.5 Å². The minimum absolute atomic E-state index is 0.0297. The maximum atomic E-state index is 14.1. The molecule has 12 heteroatoms. The maximum absolute atomic E-state index is 14.1. The highest BCUT2D eigenvalue weighted by atomic mass is 16.7. The Bertz CT molecular complexity index is 1610. The van der Waals surface area contributed by atoms with Gasteiger partial charge in [-0.05, 0) is 68.3 Å². The van der Waals surface area contributed by atoms with E-state index in [1.807, 2.05) is 0 Å². The molecule has 0 spiro atoms. The van der Waals surface area contributed by atoms with Gasteiger partial charge in [-0.1, -0.05) is 26.0 Å². The molecule has 3 aromatic rings. The molecule has 4 heterocycles. The van der Waals surface area contributed by atoms with E-state index < -0.39 is 42.7 Å². The van der Waals surface area contributed by atoms with E-state index in [4.69, 9.17) is 13.9 Å². The predicted octanol–water partition coefficient (Wildman–Crippen LogP) is 2.51. The molecular weight excluding hydrogens is 608 g/mol. The van der Waals surface area contributed by atoms with Crippen LogP contribution in [0.1, 0.15) is 50.7 Å². The Balaban J connectivity index is 1.34. The van der Waals surface area contributed by atoms with E-state index in [2.05, 4.69) is 23.6 Å². The fourth-order valence-corrected chi connectivity index (χ4v) is 7.27. The molecule has 7 atom stereocenters. The van der Waals surface area contributed by atoms with Crippen LogP contribution in [0.2, 0.25) is 0 Å². The van der Waals surface area contributed by atoms with E-state index in [-0.39, 0.29) is 33.8 Å². The second kappa shape index (κ2) is 14.1. The molecule has 47 heavy (non-hydrogen) atoms. The Morgan fingerprint density at radius 2 is 1.47 bits per heavy atom. The van der Waals surface area contributed by atoms with Crippen LogP contribution in [0.15, 0.2) is 39.7 Å². The Hall–Kier alpha value is -3.23. The highest BCUT2D eigenvalue weighted by Gasteiger charge is 2.44. The van der Waals surface area contributed by atoms with Gasteiger partial charge >= 0.3 is 0 Å². The molecule has 6 rings (SSSR count). The summed E-state index contributed by atoms with van der Waals surface area (Å²) >= 11 is 0. The molecule has 256 valence electrons. The topological polar surface area (TPSA) is 177 Å². The van der Waals surface area contributed by atoms with Crippen molar-refractivity contribution >= 4 is 11.0 Å². The van der Waals surface area contributed by atoms with Crippen LogP contribution >= 0.6 is 0 Å². The Morgan fingerprint density at radius 3 is 2.06 bits per heavy atom. The molecule has 0 radical (unpaired) electrons. The lowest BCUT2D eigenvalue weighted by Crippen LogP contribution is -2.60. The lowest BCUT2D eigenvalue weighted by atomic mass is 9.95. The minimum atomic E-state index is -1.58. The van der Waals surface area contributed by atoms with Crippen LogP contribution in [0.3, 0.4) is 0 Å². The summed E-state index contributed by atoms with van der Waals surface area (Å²) in [7, 11) is 0. The number of piperidine rings is 2. The standard InChI is InChI=1S/C35H46N2O10/c1-19-5-3-11-36(13-19)15-23-28(39)24(16-37-12-4-6-20(2)14-37)34-27(29(23)40)30(41)25(18-45-34)21-7-9-22(10-8-21)46-35-33(44)32(43)31(42)26(17-38)47-35/h7-10,18-20,26,31-33,35,38-40,42-44H,3-6,11-17H2,1-2H3/t19-,20+,26-,31-,32+,33-,35-/m0/s1. The first-order valence-electron chi connectivity index (χ1n) is 16.6. The Labute approximate surface area is 273 Å². The SMILES string of the molecule is C[C@@H]1CCCN(Cc2c(O)c(CN3CCC[C@H](C)C3)c(O)c3c(=O)c(-c4ccc(O[C@H]5O[C@@H](CO)[C@H](O)[C@@H](O)[C@@H]5O)cc4)coc23)C1. The molecule has 6 N–H and O–H groups in total. The normalized spacial score (nSPS) is 29.3. The lowest BCUT2D eigenvalue weighted by Gasteiger charge is -2.39. The second-order valence-electron chi connectivity index (χ2n) is 13.6. The number of aromatic hydroxyl groups is 2. The first-order valence-corrected chi connectivity index (χ1v) is 16.6. The van der Waals surface area contributed by atoms with Gasteiger partial charge in [0, 0.05) is 26.2 Å². The zero-order valence-corrected chi connectivity index (χ0v) is 26.9. The third kappa shape index (κ3) is 6.86. The van der Waals surface area contributed by atoms with Crippen LogP contribution in [-0.2, 0) is 17.8 Å². The van der Waals surface area contributed by atoms with Gasteiger partial charge in [-0.15, -0.1) is 0 Å².